The first-order chi connectivity index (χ1) is 16.0. The summed E-state index contributed by atoms with van der Waals surface area (Å²) in [5, 5.41) is 13.3. The first kappa shape index (κ1) is 20.6. The van der Waals surface area contributed by atoms with Crippen LogP contribution in [0.5, 0.6) is 0 Å². The Bertz CT molecular complexity index is 1570. The van der Waals surface area contributed by atoms with Crippen LogP contribution < -0.4 is 10.9 Å². The lowest BCUT2D eigenvalue weighted by Crippen LogP contribution is -2.20. The van der Waals surface area contributed by atoms with Crippen molar-refractivity contribution in [3.05, 3.63) is 92.7 Å². The van der Waals surface area contributed by atoms with Gasteiger partial charge in [0.05, 0.1) is 21.3 Å². The maximum absolute atomic E-state index is 12.7. The first-order valence-electron chi connectivity index (χ1n) is 9.97. The molecule has 2 aromatic carbocycles. The molecule has 0 unspecified atom stereocenters. The molecule has 5 rings (SSSR count). The van der Waals surface area contributed by atoms with Gasteiger partial charge in [0.25, 0.3) is 11.5 Å². The predicted molar refractivity (Wildman–Crippen MR) is 124 cm³/mol. The van der Waals surface area contributed by atoms with Crippen molar-refractivity contribution in [2.75, 3.05) is 5.32 Å². The summed E-state index contributed by atoms with van der Waals surface area (Å²) in [6.07, 6.45) is 0. The number of carbonyl (C=O) groups excluding carboxylic acids is 2. The van der Waals surface area contributed by atoms with E-state index in [1.54, 1.807) is 66.0 Å². The van der Waals surface area contributed by atoms with E-state index in [2.05, 4.69) is 15.5 Å². The standard InChI is InChI=1S/C23H17N5O4S/c1-27-21(30)16-8-2-3-9-17(16)28-19(25-26-23(27)28)13-32-22(31)14-6-4-7-15(12-14)24-20(29)18-10-5-11-33-18/h2-12H,13H2,1H3,(H,24,29). The molecule has 0 saturated carbocycles. The van der Waals surface area contributed by atoms with Gasteiger partial charge in [-0.15, -0.1) is 21.5 Å². The van der Waals surface area contributed by atoms with Gasteiger partial charge in [0, 0.05) is 12.7 Å². The van der Waals surface area contributed by atoms with Gasteiger partial charge in [0.1, 0.15) is 0 Å². The Morgan fingerprint density at radius 3 is 2.73 bits per heavy atom. The monoisotopic (exact) mass is 459 g/mol. The number of nitrogens with one attached hydrogen (secondary N) is 1. The molecule has 1 amide bonds. The minimum atomic E-state index is -0.576. The van der Waals surface area contributed by atoms with E-state index in [-0.39, 0.29) is 23.6 Å². The van der Waals surface area contributed by atoms with E-state index >= 15 is 0 Å². The van der Waals surface area contributed by atoms with Crippen molar-refractivity contribution in [3.8, 4) is 0 Å². The van der Waals surface area contributed by atoms with Crippen molar-refractivity contribution in [2.45, 2.75) is 6.61 Å². The van der Waals surface area contributed by atoms with Crippen LogP contribution in [0.3, 0.4) is 0 Å². The predicted octanol–water partition coefficient (Wildman–Crippen LogP) is 3.25. The van der Waals surface area contributed by atoms with Crippen molar-refractivity contribution >= 4 is 45.6 Å². The number of carbonyl (C=O) groups is 2. The zero-order valence-electron chi connectivity index (χ0n) is 17.4. The summed E-state index contributed by atoms with van der Waals surface area (Å²) in [5.41, 5.74) is 1.21. The molecule has 0 aliphatic carbocycles. The minimum Gasteiger partial charge on any atom is -0.454 e. The second-order valence-corrected chi connectivity index (χ2v) is 8.17. The highest BCUT2D eigenvalue weighted by molar-refractivity contribution is 7.12. The summed E-state index contributed by atoms with van der Waals surface area (Å²) in [5.74, 6) is -0.0913. The summed E-state index contributed by atoms with van der Waals surface area (Å²) in [6.45, 7) is -0.145. The fourth-order valence-corrected chi connectivity index (χ4v) is 4.14. The van der Waals surface area contributed by atoms with Crippen LogP contribution in [-0.2, 0) is 18.4 Å². The summed E-state index contributed by atoms with van der Waals surface area (Å²) in [6, 6.07) is 17.1. The molecule has 0 radical (unpaired) electrons. The molecule has 33 heavy (non-hydrogen) atoms. The van der Waals surface area contributed by atoms with E-state index < -0.39 is 5.97 Å². The fourth-order valence-electron chi connectivity index (χ4n) is 3.52. The molecule has 3 aromatic heterocycles. The number of fused-ring (bicyclic) bond motifs is 3. The molecule has 5 aromatic rings. The van der Waals surface area contributed by atoms with Crippen LogP contribution in [0.4, 0.5) is 5.69 Å². The second kappa shape index (κ2) is 8.32. The summed E-state index contributed by atoms with van der Waals surface area (Å²) in [7, 11) is 1.62. The van der Waals surface area contributed by atoms with Gasteiger partial charge >= 0.3 is 5.97 Å². The van der Waals surface area contributed by atoms with E-state index in [0.717, 1.165) is 0 Å². The normalized spacial score (nSPS) is 11.1. The Hall–Kier alpha value is -4.31. The number of para-hydroxylation sites is 1. The van der Waals surface area contributed by atoms with E-state index in [0.29, 0.717) is 33.1 Å². The largest absolute Gasteiger partial charge is 0.454 e. The summed E-state index contributed by atoms with van der Waals surface area (Å²) < 4.78 is 8.57. The minimum absolute atomic E-state index is 0.145. The molecule has 0 aliphatic rings. The zero-order chi connectivity index (χ0) is 22.9. The van der Waals surface area contributed by atoms with Gasteiger partial charge in [0.15, 0.2) is 12.4 Å². The van der Waals surface area contributed by atoms with Crippen LogP contribution in [0.1, 0.15) is 25.9 Å². The van der Waals surface area contributed by atoms with Gasteiger partial charge in [0.2, 0.25) is 5.78 Å². The third kappa shape index (κ3) is 3.76. The van der Waals surface area contributed by atoms with Crippen molar-refractivity contribution in [1.29, 1.82) is 0 Å². The third-order valence-corrected chi connectivity index (χ3v) is 6.00. The lowest BCUT2D eigenvalue weighted by atomic mass is 10.2. The van der Waals surface area contributed by atoms with Crippen LogP contribution in [0.25, 0.3) is 16.7 Å². The number of anilines is 1. The maximum atomic E-state index is 12.7. The van der Waals surface area contributed by atoms with Crippen LogP contribution in [0, 0.1) is 0 Å². The van der Waals surface area contributed by atoms with Crippen LogP contribution >= 0.6 is 11.3 Å². The first-order valence-corrected chi connectivity index (χ1v) is 10.8. The number of amides is 1. The summed E-state index contributed by atoms with van der Waals surface area (Å²) >= 11 is 1.33. The fraction of sp³-hybridized carbons (Fsp3) is 0.0870. The molecule has 0 spiro atoms. The Balaban J connectivity index is 1.38. The summed E-state index contributed by atoms with van der Waals surface area (Å²) in [4.78, 5) is 38.1. The Kier molecular flexibility index (Phi) is 5.19. The molecule has 3 heterocycles. The number of esters is 1. The number of nitrogens with zero attached hydrogens (tertiary/aromatic N) is 4. The maximum Gasteiger partial charge on any atom is 0.338 e. The molecule has 164 valence electrons. The SMILES string of the molecule is Cn1c(=O)c2ccccc2n2c(COC(=O)c3cccc(NC(=O)c4cccs4)c3)nnc12. The number of benzene rings is 2. The van der Waals surface area contributed by atoms with E-state index in [4.69, 9.17) is 4.74 Å². The van der Waals surface area contributed by atoms with Crippen LogP contribution in [0.15, 0.2) is 70.8 Å². The van der Waals surface area contributed by atoms with Gasteiger partial charge in [-0.3, -0.25) is 18.6 Å². The van der Waals surface area contributed by atoms with Gasteiger partial charge in [-0.2, -0.15) is 0 Å². The number of hydrogen-bond acceptors (Lipinski definition) is 7. The van der Waals surface area contributed by atoms with E-state index in [1.807, 2.05) is 11.4 Å². The number of hydrogen-bond donors (Lipinski definition) is 1. The lowest BCUT2D eigenvalue weighted by molar-refractivity contribution is 0.0461. The molecule has 0 saturated heterocycles. The smallest absolute Gasteiger partial charge is 0.338 e. The molecule has 0 bridgehead atoms. The average molecular weight is 459 g/mol. The van der Waals surface area contributed by atoms with Gasteiger partial charge in [-0.1, -0.05) is 24.3 Å². The van der Waals surface area contributed by atoms with Crippen molar-refractivity contribution in [1.82, 2.24) is 19.2 Å². The molecular formula is C23H17N5O4S. The van der Waals surface area contributed by atoms with Gasteiger partial charge < -0.3 is 10.1 Å². The van der Waals surface area contributed by atoms with Crippen molar-refractivity contribution < 1.29 is 14.3 Å². The topological polar surface area (TPSA) is 108 Å². The molecule has 0 atom stereocenters. The Morgan fingerprint density at radius 2 is 1.91 bits per heavy atom. The zero-order valence-corrected chi connectivity index (χ0v) is 18.2. The highest BCUT2D eigenvalue weighted by Gasteiger charge is 2.17. The molecule has 1 N–H and O–H groups in total. The number of rotatable bonds is 5. The van der Waals surface area contributed by atoms with Gasteiger partial charge in [-0.25, -0.2) is 4.79 Å². The van der Waals surface area contributed by atoms with E-state index in [1.165, 1.54) is 15.9 Å². The van der Waals surface area contributed by atoms with Crippen LogP contribution in [-0.4, -0.2) is 31.0 Å². The number of aromatic nitrogens is 4. The highest BCUT2D eigenvalue weighted by Crippen LogP contribution is 2.17. The van der Waals surface area contributed by atoms with E-state index in [9.17, 15) is 14.4 Å². The average Bonchev–Trinajstić information content (AvgIpc) is 3.52. The molecule has 10 heteroatoms. The van der Waals surface area contributed by atoms with Crippen molar-refractivity contribution in [3.63, 3.8) is 0 Å². The second-order valence-electron chi connectivity index (χ2n) is 7.22. The van der Waals surface area contributed by atoms with Crippen molar-refractivity contribution in [2.24, 2.45) is 7.05 Å². The Morgan fingerprint density at radius 1 is 1.06 bits per heavy atom. The van der Waals surface area contributed by atoms with Crippen LogP contribution in [0.2, 0.25) is 0 Å². The quantitative estimate of drug-likeness (QED) is 0.404. The number of aryl methyl sites for hydroxylation is 1. The molecule has 0 aliphatic heterocycles. The number of thiophene rings is 1. The van der Waals surface area contributed by atoms with Gasteiger partial charge in [-0.05, 0) is 41.8 Å². The highest BCUT2D eigenvalue weighted by atomic mass is 32.1. The lowest BCUT2D eigenvalue weighted by Gasteiger charge is -2.09. The Labute approximate surface area is 190 Å². The number of ether oxygens (including phenoxy) is 1. The molecule has 0 fully saturated rings. The third-order valence-electron chi connectivity index (χ3n) is 5.13. The molecular weight excluding hydrogens is 442 g/mol. The molecule has 9 nitrogen and oxygen atoms in total.